The van der Waals surface area contributed by atoms with Crippen LogP contribution in [0.3, 0.4) is 0 Å². The molecular weight excluding hydrogens is 212 g/mol. The highest BCUT2D eigenvalue weighted by Gasteiger charge is 2.22. The number of nitrogens with zero attached hydrogens (tertiary/aromatic N) is 2. The second kappa shape index (κ2) is 4.30. The van der Waals surface area contributed by atoms with Crippen LogP contribution >= 0.6 is 0 Å². The van der Waals surface area contributed by atoms with Crippen molar-refractivity contribution in [1.29, 1.82) is 0 Å². The van der Waals surface area contributed by atoms with Gasteiger partial charge in [0.15, 0.2) is 0 Å². The first-order chi connectivity index (χ1) is 8.36. The van der Waals surface area contributed by atoms with Crippen LogP contribution in [0.2, 0.25) is 0 Å². The molecule has 1 aliphatic rings. The number of nitrogens with one attached hydrogen (secondary N) is 1. The van der Waals surface area contributed by atoms with Crippen molar-refractivity contribution >= 4 is 16.7 Å². The van der Waals surface area contributed by atoms with E-state index < -0.39 is 0 Å². The van der Waals surface area contributed by atoms with Crippen LogP contribution in [-0.2, 0) is 6.42 Å². The molecule has 17 heavy (non-hydrogen) atoms. The molecule has 0 saturated heterocycles. The van der Waals surface area contributed by atoms with Crippen molar-refractivity contribution < 1.29 is 0 Å². The minimum atomic E-state index is 0.585. The van der Waals surface area contributed by atoms with Gasteiger partial charge in [0.25, 0.3) is 0 Å². The zero-order valence-electron chi connectivity index (χ0n) is 9.69. The lowest BCUT2D eigenvalue weighted by molar-refractivity contribution is 0.877. The SMILES string of the molecule is NCCc1nc(NC2CC2)c2ccccc2n1. The van der Waals surface area contributed by atoms with Crippen molar-refractivity contribution in [3.63, 3.8) is 0 Å². The van der Waals surface area contributed by atoms with Crippen LogP contribution in [-0.4, -0.2) is 22.6 Å². The fraction of sp³-hybridized carbons (Fsp3) is 0.385. The molecule has 0 bridgehead atoms. The Morgan fingerprint density at radius 3 is 2.82 bits per heavy atom. The predicted molar refractivity (Wildman–Crippen MR) is 68.9 cm³/mol. The predicted octanol–water partition coefficient (Wildman–Crippen LogP) is 1.71. The molecule has 4 heteroatoms. The van der Waals surface area contributed by atoms with Crippen LogP contribution in [0.4, 0.5) is 5.82 Å². The molecule has 1 heterocycles. The molecule has 1 aromatic carbocycles. The minimum absolute atomic E-state index is 0.585. The number of anilines is 1. The molecule has 4 nitrogen and oxygen atoms in total. The van der Waals surface area contributed by atoms with Crippen molar-refractivity contribution in [1.82, 2.24) is 9.97 Å². The molecule has 2 aromatic rings. The van der Waals surface area contributed by atoms with Gasteiger partial charge in [-0.15, -0.1) is 0 Å². The number of aromatic nitrogens is 2. The topological polar surface area (TPSA) is 63.8 Å². The standard InChI is InChI=1S/C13H16N4/c14-8-7-12-16-11-4-2-1-3-10(11)13(17-12)15-9-5-6-9/h1-4,9H,5-8,14H2,(H,15,16,17). The lowest BCUT2D eigenvalue weighted by Crippen LogP contribution is -2.10. The van der Waals surface area contributed by atoms with Gasteiger partial charge >= 0.3 is 0 Å². The zero-order chi connectivity index (χ0) is 11.7. The van der Waals surface area contributed by atoms with Gasteiger partial charge in [-0.05, 0) is 31.5 Å². The Hall–Kier alpha value is -1.68. The summed E-state index contributed by atoms with van der Waals surface area (Å²) in [5.41, 5.74) is 6.56. The van der Waals surface area contributed by atoms with E-state index in [2.05, 4.69) is 21.4 Å². The third-order valence-corrected chi connectivity index (χ3v) is 2.94. The van der Waals surface area contributed by atoms with E-state index in [0.717, 1.165) is 29.0 Å². The number of hydrogen-bond donors (Lipinski definition) is 2. The Bertz CT molecular complexity index is 534. The van der Waals surface area contributed by atoms with Gasteiger partial charge in [-0.3, -0.25) is 0 Å². The van der Waals surface area contributed by atoms with E-state index in [-0.39, 0.29) is 0 Å². The molecule has 0 aliphatic heterocycles. The van der Waals surface area contributed by atoms with Crippen molar-refractivity contribution in [2.75, 3.05) is 11.9 Å². The third kappa shape index (κ3) is 2.22. The summed E-state index contributed by atoms with van der Waals surface area (Å²) in [6, 6.07) is 8.70. The lowest BCUT2D eigenvalue weighted by Gasteiger charge is -2.09. The first-order valence-electron chi connectivity index (χ1n) is 6.09. The Balaban J connectivity index is 2.07. The number of para-hydroxylation sites is 1. The minimum Gasteiger partial charge on any atom is -0.367 e. The summed E-state index contributed by atoms with van der Waals surface area (Å²) in [5.74, 6) is 1.79. The number of benzene rings is 1. The van der Waals surface area contributed by atoms with E-state index in [1.807, 2.05) is 18.2 Å². The lowest BCUT2D eigenvalue weighted by atomic mass is 10.2. The number of nitrogens with two attached hydrogens (primary N) is 1. The highest BCUT2D eigenvalue weighted by Crippen LogP contribution is 2.27. The number of hydrogen-bond acceptors (Lipinski definition) is 4. The van der Waals surface area contributed by atoms with E-state index in [1.54, 1.807) is 0 Å². The summed E-state index contributed by atoms with van der Waals surface area (Å²) in [6.45, 7) is 0.585. The molecule has 0 amide bonds. The first kappa shape index (κ1) is 10.5. The van der Waals surface area contributed by atoms with E-state index in [9.17, 15) is 0 Å². The molecule has 0 unspecified atom stereocenters. The fourth-order valence-corrected chi connectivity index (χ4v) is 1.90. The molecule has 1 fully saturated rings. The largest absolute Gasteiger partial charge is 0.367 e. The van der Waals surface area contributed by atoms with Gasteiger partial charge in [0.05, 0.1) is 5.52 Å². The fourth-order valence-electron chi connectivity index (χ4n) is 1.90. The normalized spacial score (nSPS) is 15.1. The van der Waals surface area contributed by atoms with Gasteiger partial charge in [0, 0.05) is 17.8 Å². The van der Waals surface area contributed by atoms with Crippen molar-refractivity contribution in [3.8, 4) is 0 Å². The molecule has 3 rings (SSSR count). The van der Waals surface area contributed by atoms with Crippen LogP contribution in [0.25, 0.3) is 10.9 Å². The molecule has 0 radical (unpaired) electrons. The maximum absolute atomic E-state index is 5.57. The summed E-state index contributed by atoms with van der Waals surface area (Å²) in [4.78, 5) is 9.09. The average Bonchev–Trinajstić information content (AvgIpc) is 3.13. The molecular formula is C13H16N4. The highest BCUT2D eigenvalue weighted by atomic mass is 15.1. The molecule has 1 aromatic heterocycles. The Morgan fingerprint density at radius 2 is 2.06 bits per heavy atom. The second-order valence-corrected chi connectivity index (χ2v) is 4.46. The Morgan fingerprint density at radius 1 is 1.24 bits per heavy atom. The first-order valence-corrected chi connectivity index (χ1v) is 6.09. The van der Waals surface area contributed by atoms with Gasteiger partial charge in [0.2, 0.25) is 0 Å². The van der Waals surface area contributed by atoms with Gasteiger partial charge < -0.3 is 11.1 Å². The summed E-state index contributed by atoms with van der Waals surface area (Å²) in [6.07, 6.45) is 3.21. The summed E-state index contributed by atoms with van der Waals surface area (Å²) < 4.78 is 0. The molecule has 0 atom stereocenters. The maximum atomic E-state index is 5.57. The van der Waals surface area contributed by atoms with E-state index in [0.29, 0.717) is 12.6 Å². The van der Waals surface area contributed by atoms with Crippen molar-refractivity contribution in [2.24, 2.45) is 5.73 Å². The number of rotatable bonds is 4. The quantitative estimate of drug-likeness (QED) is 0.836. The van der Waals surface area contributed by atoms with Gasteiger partial charge in [-0.1, -0.05) is 12.1 Å². The highest BCUT2D eigenvalue weighted by molar-refractivity contribution is 5.89. The van der Waals surface area contributed by atoms with E-state index in [4.69, 9.17) is 5.73 Å². The monoisotopic (exact) mass is 228 g/mol. The Kier molecular flexibility index (Phi) is 2.65. The second-order valence-electron chi connectivity index (χ2n) is 4.46. The zero-order valence-corrected chi connectivity index (χ0v) is 9.69. The Labute approximate surface area is 100 Å². The van der Waals surface area contributed by atoms with E-state index in [1.165, 1.54) is 12.8 Å². The summed E-state index contributed by atoms with van der Waals surface area (Å²) in [7, 11) is 0. The van der Waals surface area contributed by atoms with Crippen LogP contribution in [0.15, 0.2) is 24.3 Å². The van der Waals surface area contributed by atoms with Crippen LogP contribution in [0.5, 0.6) is 0 Å². The molecule has 1 aliphatic carbocycles. The average molecular weight is 228 g/mol. The number of fused-ring (bicyclic) bond motifs is 1. The van der Waals surface area contributed by atoms with Gasteiger partial charge in [0.1, 0.15) is 11.6 Å². The van der Waals surface area contributed by atoms with Crippen molar-refractivity contribution in [2.45, 2.75) is 25.3 Å². The molecule has 1 saturated carbocycles. The van der Waals surface area contributed by atoms with Crippen LogP contribution < -0.4 is 11.1 Å². The smallest absolute Gasteiger partial charge is 0.137 e. The van der Waals surface area contributed by atoms with Crippen LogP contribution in [0, 0.1) is 0 Å². The van der Waals surface area contributed by atoms with Crippen molar-refractivity contribution in [3.05, 3.63) is 30.1 Å². The van der Waals surface area contributed by atoms with Gasteiger partial charge in [-0.2, -0.15) is 0 Å². The third-order valence-electron chi connectivity index (χ3n) is 2.94. The van der Waals surface area contributed by atoms with Crippen LogP contribution in [0.1, 0.15) is 18.7 Å². The van der Waals surface area contributed by atoms with Gasteiger partial charge in [-0.25, -0.2) is 9.97 Å². The maximum Gasteiger partial charge on any atom is 0.137 e. The summed E-state index contributed by atoms with van der Waals surface area (Å²) >= 11 is 0. The molecule has 0 spiro atoms. The molecule has 3 N–H and O–H groups in total. The summed E-state index contributed by atoms with van der Waals surface area (Å²) in [5, 5.41) is 4.56. The molecule has 88 valence electrons. The van der Waals surface area contributed by atoms with E-state index >= 15 is 0 Å².